The summed E-state index contributed by atoms with van der Waals surface area (Å²) < 4.78 is 0.948. The van der Waals surface area contributed by atoms with Crippen LogP contribution in [0.15, 0.2) is 30.0 Å². The molecule has 1 fully saturated rings. The van der Waals surface area contributed by atoms with Gasteiger partial charge in [-0.2, -0.15) is 0 Å². The first-order valence-corrected chi connectivity index (χ1v) is 7.51. The van der Waals surface area contributed by atoms with E-state index < -0.39 is 0 Å². The van der Waals surface area contributed by atoms with Crippen molar-refractivity contribution in [3.8, 4) is 0 Å². The number of ketones is 1. The van der Waals surface area contributed by atoms with Gasteiger partial charge in [-0.3, -0.25) is 4.79 Å². The maximum atomic E-state index is 12.8. The number of carbonyl (C=O) groups excluding carboxylic acids is 1. The third-order valence-electron chi connectivity index (χ3n) is 4.85. The molecule has 2 atom stereocenters. The van der Waals surface area contributed by atoms with Gasteiger partial charge in [-0.1, -0.05) is 31.0 Å². The number of Topliss-reactive ketones (excluding diaryl/α,β-unsaturated/α-hetero) is 1. The van der Waals surface area contributed by atoms with Crippen LogP contribution in [0.4, 0.5) is 0 Å². The van der Waals surface area contributed by atoms with Gasteiger partial charge in [0.05, 0.1) is 11.6 Å². The van der Waals surface area contributed by atoms with Gasteiger partial charge in [-0.15, -0.1) is 0 Å². The fourth-order valence-corrected chi connectivity index (χ4v) is 3.83. The molecule has 0 aromatic heterocycles. The van der Waals surface area contributed by atoms with Gasteiger partial charge in [-0.25, -0.2) is 0 Å². The van der Waals surface area contributed by atoms with Crippen LogP contribution in [0.3, 0.4) is 0 Å². The Balaban J connectivity index is 1.88. The van der Waals surface area contributed by atoms with E-state index in [0.29, 0.717) is 17.5 Å². The quantitative estimate of drug-likeness (QED) is 0.687. The van der Waals surface area contributed by atoms with Crippen molar-refractivity contribution in [1.82, 2.24) is 5.06 Å². The number of allylic oxidation sites excluding steroid dienone is 1. The van der Waals surface area contributed by atoms with Gasteiger partial charge >= 0.3 is 0 Å². The van der Waals surface area contributed by atoms with Gasteiger partial charge in [0.2, 0.25) is 11.8 Å². The summed E-state index contributed by atoms with van der Waals surface area (Å²) >= 11 is 0. The molecule has 0 unspecified atom stereocenters. The Labute approximate surface area is 122 Å². The maximum absolute atomic E-state index is 12.8. The number of nitrogens with zero attached hydrogens (tertiary/aromatic N) is 2. The number of carbonyl (C=O) groups is 1. The Hall–Kier alpha value is -2.01. The summed E-state index contributed by atoms with van der Waals surface area (Å²) in [5.74, 6) is -0.306. The Kier molecular flexibility index (Phi) is 2.72. The number of hydrogen-bond donors (Lipinski definition) is 0. The van der Waals surface area contributed by atoms with Crippen molar-refractivity contribution in [3.63, 3.8) is 0 Å². The predicted molar refractivity (Wildman–Crippen MR) is 77.2 cm³/mol. The van der Waals surface area contributed by atoms with Gasteiger partial charge in [-0.05, 0) is 18.9 Å². The molecular weight excluding hydrogens is 268 g/mol. The average Bonchev–Trinajstić information content (AvgIpc) is 2.67. The van der Waals surface area contributed by atoms with Crippen molar-refractivity contribution in [2.24, 2.45) is 0 Å². The lowest BCUT2D eigenvalue weighted by molar-refractivity contribution is -0.513. The van der Waals surface area contributed by atoms with E-state index in [2.05, 4.69) is 0 Å². The minimum atomic E-state index is -0.387. The van der Waals surface area contributed by atoms with E-state index >= 15 is 0 Å². The highest BCUT2D eigenvalue weighted by atomic mass is 16.5. The van der Waals surface area contributed by atoms with E-state index in [4.69, 9.17) is 0 Å². The standard InChI is InChI=1S/C16H16N2O3/c19-16-11-7-5-4-6-10(11)14-15(16)18(21)13-9-3-1-2-8-12(13)17(14)20/h4-7,12-13H,1-3,8-9H2/t12-,13-/m1/s1. The van der Waals surface area contributed by atoms with Crippen LogP contribution in [-0.2, 0) is 0 Å². The van der Waals surface area contributed by atoms with Crippen LogP contribution >= 0.6 is 0 Å². The zero-order chi connectivity index (χ0) is 14.6. The molecule has 21 heavy (non-hydrogen) atoms. The first-order valence-electron chi connectivity index (χ1n) is 7.51. The molecule has 4 rings (SSSR count). The monoisotopic (exact) mass is 284 g/mol. The van der Waals surface area contributed by atoms with Crippen LogP contribution in [0.2, 0.25) is 0 Å². The molecule has 5 nitrogen and oxygen atoms in total. The van der Waals surface area contributed by atoms with Gasteiger partial charge in [0.25, 0.3) is 5.70 Å². The number of hydrogen-bond acceptors (Lipinski definition) is 4. The number of hydroxylamine groups is 2. The minimum Gasteiger partial charge on any atom is -0.758 e. The zero-order valence-electron chi connectivity index (χ0n) is 11.6. The second-order valence-electron chi connectivity index (χ2n) is 6.00. The van der Waals surface area contributed by atoms with Crippen molar-refractivity contribution in [1.29, 1.82) is 0 Å². The normalized spacial score (nSPS) is 28.1. The Morgan fingerprint density at radius 2 is 1.81 bits per heavy atom. The second kappa shape index (κ2) is 4.49. The molecule has 1 aromatic rings. The molecule has 0 saturated heterocycles. The molecule has 5 heteroatoms. The number of benzene rings is 1. The van der Waals surface area contributed by atoms with E-state index in [1.807, 2.05) is 0 Å². The van der Waals surface area contributed by atoms with Crippen molar-refractivity contribution in [2.45, 2.75) is 44.2 Å². The van der Waals surface area contributed by atoms with Crippen molar-refractivity contribution < 1.29 is 9.55 Å². The summed E-state index contributed by atoms with van der Waals surface area (Å²) in [7, 11) is 0. The van der Waals surface area contributed by atoms with Crippen LogP contribution in [0.5, 0.6) is 0 Å². The number of nitroso groups, excluding NO2 is 1. The lowest BCUT2D eigenvalue weighted by Gasteiger charge is -2.41. The molecule has 1 aliphatic heterocycles. The topological polar surface area (TPSA) is 63.5 Å². The molecule has 108 valence electrons. The number of rotatable bonds is 0. The average molecular weight is 284 g/mol. The minimum absolute atomic E-state index is 0.0503. The molecule has 0 bridgehead atoms. The van der Waals surface area contributed by atoms with Gasteiger partial charge < -0.3 is 10.3 Å². The maximum Gasteiger partial charge on any atom is 0.290 e. The predicted octanol–water partition coefficient (Wildman–Crippen LogP) is 2.85. The van der Waals surface area contributed by atoms with E-state index in [1.165, 1.54) is 0 Å². The number of fused-ring (bicyclic) bond motifs is 3. The third-order valence-corrected chi connectivity index (χ3v) is 4.85. The summed E-state index contributed by atoms with van der Waals surface area (Å²) in [5.41, 5.74) is 1.42. The molecule has 0 N–H and O–H groups in total. The fourth-order valence-electron chi connectivity index (χ4n) is 3.83. The SMILES string of the molecule is O=C1C2=C(c3ccccc31)[N+](=O)[C@@H]1CCCCC[C@H]1N2[O-]. The van der Waals surface area contributed by atoms with E-state index in [0.717, 1.165) is 35.5 Å². The van der Waals surface area contributed by atoms with Gasteiger partial charge in [0.1, 0.15) is 0 Å². The van der Waals surface area contributed by atoms with Crippen LogP contribution in [0.25, 0.3) is 5.70 Å². The summed E-state index contributed by atoms with van der Waals surface area (Å²) in [5, 5.41) is 13.5. The summed E-state index contributed by atoms with van der Waals surface area (Å²) in [6.07, 6.45) is 4.36. The van der Waals surface area contributed by atoms with Gasteiger partial charge in [0.15, 0.2) is 5.70 Å². The van der Waals surface area contributed by atoms with E-state index in [-0.39, 0.29) is 29.3 Å². The molecule has 1 aromatic carbocycles. The first kappa shape index (κ1) is 12.7. The highest BCUT2D eigenvalue weighted by Crippen LogP contribution is 2.42. The Morgan fingerprint density at radius 1 is 1.10 bits per heavy atom. The fraction of sp³-hybridized carbons (Fsp3) is 0.438. The first-order chi connectivity index (χ1) is 10.2. The third kappa shape index (κ3) is 1.64. The highest BCUT2D eigenvalue weighted by Gasteiger charge is 2.51. The molecule has 1 heterocycles. The molecule has 3 aliphatic rings. The van der Waals surface area contributed by atoms with E-state index in [1.54, 1.807) is 24.3 Å². The second-order valence-corrected chi connectivity index (χ2v) is 6.00. The molecular formula is C16H16N2O3. The molecule has 0 radical (unpaired) electrons. The smallest absolute Gasteiger partial charge is 0.290 e. The van der Waals surface area contributed by atoms with Crippen molar-refractivity contribution >= 4 is 11.5 Å². The summed E-state index contributed by atoms with van der Waals surface area (Å²) in [4.78, 5) is 25.3. The largest absolute Gasteiger partial charge is 0.758 e. The van der Waals surface area contributed by atoms with Crippen LogP contribution in [-0.4, -0.2) is 27.7 Å². The lowest BCUT2D eigenvalue weighted by atomic mass is 9.98. The lowest BCUT2D eigenvalue weighted by Crippen LogP contribution is -2.49. The highest BCUT2D eigenvalue weighted by molar-refractivity contribution is 6.19. The van der Waals surface area contributed by atoms with Crippen LogP contribution in [0.1, 0.15) is 48.0 Å². The van der Waals surface area contributed by atoms with Crippen molar-refractivity contribution in [2.75, 3.05) is 0 Å². The molecule has 0 spiro atoms. The van der Waals surface area contributed by atoms with Crippen LogP contribution in [0, 0.1) is 10.1 Å². The van der Waals surface area contributed by atoms with Crippen molar-refractivity contribution in [3.05, 3.63) is 51.2 Å². The molecule has 0 amide bonds. The van der Waals surface area contributed by atoms with Gasteiger partial charge in [0, 0.05) is 21.7 Å². The Bertz CT molecular complexity index is 680. The zero-order valence-corrected chi connectivity index (χ0v) is 11.6. The van der Waals surface area contributed by atoms with Crippen LogP contribution < -0.4 is 0 Å². The molecule has 2 aliphatic carbocycles. The summed E-state index contributed by atoms with van der Waals surface area (Å²) in [6.45, 7) is 0. The summed E-state index contributed by atoms with van der Waals surface area (Å²) in [6, 6.07) is 6.28. The Morgan fingerprint density at radius 3 is 2.62 bits per heavy atom. The van der Waals surface area contributed by atoms with E-state index in [9.17, 15) is 14.9 Å². The molecule has 1 saturated carbocycles.